The lowest BCUT2D eigenvalue weighted by atomic mass is 9.96. The Balaban J connectivity index is 1.42. The molecule has 12 heteroatoms. The lowest BCUT2D eigenvalue weighted by molar-refractivity contribution is -0.0820. The Labute approximate surface area is 193 Å². The third-order valence-corrected chi connectivity index (χ3v) is 6.52. The van der Waals surface area contributed by atoms with E-state index in [0.29, 0.717) is 24.9 Å². The summed E-state index contributed by atoms with van der Waals surface area (Å²) in [6.07, 6.45) is 3.11. The normalized spacial score (nSPS) is 27.8. The number of hydrogen-bond acceptors (Lipinski definition) is 10. The van der Waals surface area contributed by atoms with Crippen molar-refractivity contribution in [3.8, 4) is 0 Å². The number of hydrogen-bond donors (Lipinski definition) is 6. The molecule has 0 aromatic heterocycles. The van der Waals surface area contributed by atoms with Crippen LogP contribution in [-0.4, -0.2) is 72.3 Å². The zero-order chi connectivity index (χ0) is 22.5. The van der Waals surface area contributed by atoms with Crippen LogP contribution in [0.5, 0.6) is 0 Å². The Morgan fingerprint density at radius 1 is 1.28 bits per heavy atom. The predicted octanol–water partition coefficient (Wildman–Crippen LogP) is -0.752. The van der Waals surface area contributed by atoms with Crippen molar-refractivity contribution in [1.29, 1.82) is 0 Å². The second-order valence-corrected chi connectivity index (χ2v) is 8.89. The number of nitrogens with one attached hydrogen (secondary N) is 3. The molecule has 176 valence electrons. The van der Waals surface area contributed by atoms with Gasteiger partial charge in [0.05, 0.1) is 12.7 Å². The van der Waals surface area contributed by atoms with E-state index in [4.69, 9.17) is 33.6 Å². The number of hydrazine groups is 2. The Hall–Kier alpha value is -2.15. The summed E-state index contributed by atoms with van der Waals surface area (Å²) in [5.74, 6) is 6.53. The number of halogens is 1. The van der Waals surface area contributed by atoms with E-state index in [1.807, 2.05) is 12.1 Å². The summed E-state index contributed by atoms with van der Waals surface area (Å²) in [5.41, 5.74) is 21.3. The molecule has 1 aromatic rings. The number of morpholine rings is 1. The van der Waals surface area contributed by atoms with Gasteiger partial charge < -0.3 is 15.4 Å². The third-order valence-electron chi connectivity index (χ3n) is 6.26. The lowest BCUT2D eigenvalue weighted by Gasteiger charge is -2.47. The summed E-state index contributed by atoms with van der Waals surface area (Å²) < 4.78 is 6.18. The SMILES string of the molecule is NN/N=C(\N)CC1CN(C2CCN(C3=NC(N)NN3)CC2)C(Cc2ccc(Cl)cc2)CO1. The molecule has 0 bridgehead atoms. The Morgan fingerprint density at radius 3 is 2.69 bits per heavy atom. The van der Waals surface area contributed by atoms with E-state index in [0.717, 1.165) is 49.9 Å². The van der Waals surface area contributed by atoms with Crippen LogP contribution in [0.1, 0.15) is 24.8 Å². The fourth-order valence-electron chi connectivity index (χ4n) is 4.69. The number of amidine groups is 1. The van der Waals surface area contributed by atoms with E-state index in [-0.39, 0.29) is 18.4 Å². The van der Waals surface area contributed by atoms with Crippen LogP contribution in [0.25, 0.3) is 0 Å². The Kier molecular flexibility index (Phi) is 7.66. The van der Waals surface area contributed by atoms with Gasteiger partial charge in [-0.25, -0.2) is 16.4 Å². The molecule has 0 radical (unpaired) electrons. The molecule has 0 spiro atoms. The van der Waals surface area contributed by atoms with Gasteiger partial charge in [0.25, 0.3) is 0 Å². The standard InChI is InChI=1S/C20H33ClN10O/c21-14-3-1-13(2-4-14)9-16-12-32-17(10-18(22)26-29-24)11-31(16)15-5-7-30(8-6-15)20-25-19(23)27-28-20/h1-4,15-17,19,27,29H,5-12,23-24H2,(H2,22,26)(H,25,28). The average molecular weight is 465 g/mol. The summed E-state index contributed by atoms with van der Waals surface area (Å²) in [6, 6.07) is 8.80. The number of nitrogens with zero attached hydrogens (tertiary/aromatic N) is 4. The number of hydrazone groups is 1. The van der Waals surface area contributed by atoms with Gasteiger partial charge in [-0.05, 0) is 37.0 Å². The molecule has 3 atom stereocenters. The lowest BCUT2D eigenvalue weighted by Crippen LogP contribution is -2.58. The summed E-state index contributed by atoms with van der Waals surface area (Å²) in [6.45, 7) is 3.28. The van der Waals surface area contributed by atoms with Crippen LogP contribution in [0.4, 0.5) is 0 Å². The topological polar surface area (TPSA) is 155 Å². The molecule has 3 heterocycles. The summed E-state index contributed by atoms with van der Waals surface area (Å²) in [4.78, 5) is 9.24. The number of nitrogens with two attached hydrogens (primary N) is 3. The molecule has 32 heavy (non-hydrogen) atoms. The molecule has 9 N–H and O–H groups in total. The highest BCUT2D eigenvalue weighted by atomic mass is 35.5. The molecule has 3 aliphatic rings. The summed E-state index contributed by atoms with van der Waals surface area (Å²) in [5, 5.41) is 4.63. The highest BCUT2D eigenvalue weighted by Gasteiger charge is 2.36. The van der Waals surface area contributed by atoms with Crippen LogP contribution in [-0.2, 0) is 11.2 Å². The fourth-order valence-corrected chi connectivity index (χ4v) is 4.81. The second-order valence-electron chi connectivity index (χ2n) is 8.46. The van der Waals surface area contributed by atoms with E-state index < -0.39 is 0 Å². The maximum atomic E-state index is 6.18. The largest absolute Gasteiger partial charge is 0.386 e. The van der Waals surface area contributed by atoms with Crippen LogP contribution < -0.4 is 33.7 Å². The van der Waals surface area contributed by atoms with E-state index in [9.17, 15) is 0 Å². The summed E-state index contributed by atoms with van der Waals surface area (Å²) in [7, 11) is 0. The van der Waals surface area contributed by atoms with Gasteiger partial charge in [0.1, 0.15) is 5.84 Å². The van der Waals surface area contributed by atoms with Crippen LogP contribution in [0.15, 0.2) is 34.4 Å². The Morgan fingerprint density at radius 2 is 2.03 bits per heavy atom. The van der Waals surface area contributed by atoms with Crippen molar-refractivity contribution >= 4 is 23.4 Å². The first-order valence-electron chi connectivity index (χ1n) is 11.0. The number of benzene rings is 1. The van der Waals surface area contributed by atoms with Gasteiger partial charge in [0, 0.05) is 43.2 Å². The highest BCUT2D eigenvalue weighted by molar-refractivity contribution is 6.30. The van der Waals surface area contributed by atoms with Crippen molar-refractivity contribution in [2.24, 2.45) is 27.4 Å². The first kappa shape index (κ1) is 23.0. The average Bonchev–Trinajstić information content (AvgIpc) is 3.23. The molecular formula is C20H33ClN10O. The molecule has 3 aliphatic heterocycles. The molecule has 3 unspecified atom stereocenters. The van der Waals surface area contributed by atoms with Crippen LogP contribution in [0.3, 0.4) is 0 Å². The quantitative estimate of drug-likeness (QED) is 0.138. The van der Waals surface area contributed by atoms with Crippen molar-refractivity contribution in [2.45, 2.75) is 50.2 Å². The monoisotopic (exact) mass is 464 g/mol. The molecule has 1 aromatic carbocycles. The van der Waals surface area contributed by atoms with E-state index >= 15 is 0 Å². The van der Waals surface area contributed by atoms with Crippen molar-refractivity contribution in [3.63, 3.8) is 0 Å². The maximum absolute atomic E-state index is 6.18. The van der Waals surface area contributed by atoms with Crippen LogP contribution in [0.2, 0.25) is 5.02 Å². The molecular weight excluding hydrogens is 432 g/mol. The number of piperidine rings is 1. The number of rotatable bonds is 6. The fraction of sp³-hybridized carbons (Fsp3) is 0.600. The highest BCUT2D eigenvalue weighted by Crippen LogP contribution is 2.26. The van der Waals surface area contributed by atoms with Gasteiger partial charge in [0.15, 0.2) is 6.29 Å². The van der Waals surface area contributed by atoms with Crippen LogP contribution >= 0.6 is 11.6 Å². The number of aliphatic imine (C=N–C) groups is 1. The van der Waals surface area contributed by atoms with Crippen LogP contribution in [0, 0.1) is 0 Å². The van der Waals surface area contributed by atoms with Crippen molar-refractivity contribution in [3.05, 3.63) is 34.9 Å². The predicted molar refractivity (Wildman–Crippen MR) is 125 cm³/mol. The summed E-state index contributed by atoms with van der Waals surface area (Å²) >= 11 is 6.07. The Bertz CT molecular complexity index is 811. The van der Waals surface area contributed by atoms with E-state index in [1.54, 1.807) is 0 Å². The first-order valence-corrected chi connectivity index (χ1v) is 11.4. The van der Waals surface area contributed by atoms with E-state index in [1.165, 1.54) is 5.56 Å². The van der Waals surface area contributed by atoms with Gasteiger partial charge in [0.2, 0.25) is 5.96 Å². The van der Waals surface area contributed by atoms with Gasteiger partial charge in [-0.3, -0.25) is 16.1 Å². The first-order chi connectivity index (χ1) is 15.5. The molecule has 0 saturated carbocycles. The molecule has 0 aliphatic carbocycles. The maximum Gasteiger partial charge on any atom is 0.211 e. The number of ether oxygens (including phenoxy) is 1. The second kappa shape index (κ2) is 10.6. The van der Waals surface area contributed by atoms with Crippen molar-refractivity contribution in [1.82, 2.24) is 26.2 Å². The minimum atomic E-state index is -0.387. The molecule has 2 saturated heterocycles. The third kappa shape index (κ3) is 5.80. The minimum absolute atomic E-state index is 0.0188. The zero-order valence-electron chi connectivity index (χ0n) is 18.1. The number of guanidine groups is 1. The van der Waals surface area contributed by atoms with Gasteiger partial charge in [-0.1, -0.05) is 23.7 Å². The molecule has 2 fully saturated rings. The van der Waals surface area contributed by atoms with Crippen molar-refractivity contribution < 1.29 is 4.74 Å². The zero-order valence-corrected chi connectivity index (χ0v) is 18.8. The van der Waals surface area contributed by atoms with Crippen molar-refractivity contribution in [2.75, 3.05) is 26.2 Å². The van der Waals surface area contributed by atoms with Gasteiger partial charge in [-0.15, -0.1) is 0 Å². The molecule has 0 amide bonds. The van der Waals surface area contributed by atoms with E-state index in [2.05, 4.69) is 48.4 Å². The number of likely N-dealkylation sites (tertiary alicyclic amines) is 1. The van der Waals surface area contributed by atoms with Gasteiger partial charge >= 0.3 is 0 Å². The smallest absolute Gasteiger partial charge is 0.211 e. The molecule has 4 rings (SSSR count). The van der Waals surface area contributed by atoms with Gasteiger partial charge in [-0.2, -0.15) is 10.5 Å². The minimum Gasteiger partial charge on any atom is -0.386 e. The molecule has 11 nitrogen and oxygen atoms in total.